The van der Waals surface area contributed by atoms with Gasteiger partial charge in [-0.25, -0.2) is 0 Å². The smallest absolute Gasteiger partial charge is 0.279 e. The molecule has 1 aromatic carbocycles. The van der Waals surface area contributed by atoms with Crippen LogP contribution in [-0.2, 0) is 4.79 Å². The number of anilines is 1. The van der Waals surface area contributed by atoms with Crippen molar-refractivity contribution in [1.29, 1.82) is 0 Å². The molecule has 2 atom stereocenters. The van der Waals surface area contributed by atoms with E-state index in [4.69, 9.17) is 4.74 Å². The summed E-state index contributed by atoms with van der Waals surface area (Å²) in [5.41, 5.74) is 0.754. The van der Waals surface area contributed by atoms with Crippen LogP contribution in [0, 0.1) is 0 Å². The first-order valence-corrected chi connectivity index (χ1v) is 7.52. The van der Waals surface area contributed by atoms with Gasteiger partial charge in [0.15, 0.2) is 6.54 Å². The summed E-state index contributed by atoms with van der Waals surface area (Å²) in [6, 6.07) is 8.17. The van der Waals surface area contributed by atoms with Crippen LogP contribution in [0.5, 0.6) is 5.75 Å². The molecule has 0 aliphatic carbocycles. The molecule has 110 valence electrons. The molecule has 1 aliphatic heterocycles. The van der Waals surface area contributed by atoms with Crippen LogP contribution in [0.4, 0.5) is 5.69 Å². The van der Waals surface area contributed by atoms with E-state index < -0.39 is 0 Å². The van der Waals surface area contributed by atoms with Crippen LogP contribution >= 0.6 is 0 Å². The number of piperidine rings is 1. The molecule has 0 radical (unpaired) electrons. The minimum atomic E-state index is 0.0739. The van der Waals surface area contributed by atoms with E-state index in [9.17, 15) is 4.79 Å². The van der Waals surface area contributed by atoms with E-state index in [1.807, 2.05) is 24.3 Å². The molecule has 0 spiro atoms. The zero-order valence-electron chi connectivity index (χ0n) is 12.4. The topological polar surface area (TPSA) is 42.8 Å². The fourth-order valence-corrected chi connectivity index (χ4v) is 3.03. The SMILES string of the molecule is CC[C@@H]1CCCC[NH+]1CC(=O)Nc1ccccc1OC. The summed E-state index contributed by atoms with van der Waals surface area (Å²) in [6.45, 7) is 3.88. The predicted molar refractivity (Wildman–Crippen MR) is 80.3 cm³/mol. The van der Waals surface area contributed by atoms with Crippen molar-refractivity contribution in [3.05, 3.63) is 24.3 Å². The van der Waals surface area contributed by atoms with Crippen molar-refractivity contribution in [2.24, 2.45) is 0 Å². The van der Waals surface area contributed by atoms with Gasteiger partial charge in [-0.15, -0.1) is 0 Å². The number of quaternary nitrogens is 1. The molecule has 2 rings (SSSR count). The van der Waals surface area contributed by atoms with E-state index in [1.165, 1.54) is 24.2 Å². The number of benzene rings is 1. The molecule has 1 amide bonds. The lowest BCUT2D eigenvalue weighted by atomic mass is 10.00. The Labute approximate surface area is 121 Å². The maximum atomic E-state index is 12.2. The maximum absolute atomic E-state index is 12.2. The van der Waals surface area contributed by atoms with Crippen molar-refractivity contribution in [2.45, 2.75) is 38.6 Å². The predicted octanol–water partition coefficient (Wildman–Crippen LogP) is 1.48. The van der Waals surface area contributed by atoms with Crippen molar-refractivity contribution in [1.82, 2.24) is 0 Å². The molecule has 0 aromatic heterocycles. The minimum Gasteiger partial charge on any atom is -0.495 e. The Kier molecular flexibility index (Phi) is 5.41. The number of ether oxygens (including phenoxy) is 1. The highest BCUT2D eigenvalue weighted by Gasteiger charge is 2.26. The first-order chi connectivity index (χ1) is 9.74. The third-order valence-electron chi connectivity index (χ3n) is 4.14. The molecule has 1 unspecified atom stereocenters. The summed E-state index contributed by atoms with van der Waals surface area (Å²) in [5, 5.41) is 2.97. The van der Waals surface area contributed by atoms with Crippen LogP contribution in [0.25, 0.3) is 0 Å². The number of amides is 1. The second-order valence-corrected chi connectivity index (χ2v) is 5.43. The zero-order valence-corrected chi connectivity index (χ0v) is 12.4. The van der Waals surface area contributed by atoms with Crippen LogP contribution in [0.15, 0.2) is 24.3 Å². The van der Waals surface area contributed by atoms with Gasteiger partial charge in [-0.3, -0.25) is 4.79 Å². The molecule has 0 bridgehead atoms. The molecule has 1 fully saturated rings. The molecule has 1 aliphatic rings. The Morgan fingerprint density at radius 3 is 2.95 bits per heavy atom. The largest absolute Gasteiger partial charge is 0.495 e. The highest BCUT2D eigenvalue weighted by molar-refractivity contribution is 5.92. The van der Waals surface area contributed by atoms with E-state index in [1.54, 1.807) is 7.11 Å². The van der Waals surface area contributed by atoms with Gasteiger partial charge in [0.05, 0.1) is 25.4 Å². The van der Waals surface area contributed by atoms with Gasteiger partial charge in [0.25, 0.3) is 5.91 Å². The molecular weight excluding hydrogens is 252 g/mol. The van der Waals surface area contributed by atoms with Gasteiger partial charge >= 0.3 is 0 Å². The Hall–Kier alpha value is -1.55. The normalized spacial score (nSPS) is 22.3. The van der Waals surface area contributed by atoms with Crippen LogP contribution in [-0.4, -0.2) is 32.1 Å². The summed E-state index contributed by atoms with van der Waals surface area (Å²) in [4.78, 5) is 13.6. The maximum Gasteiger partial charge on any atom is 0.279 e. The van der Waals surface area contributed by atoms with Crippen LogP contribution in [0.3, 0.4) is 0 Å². The number of nitrogens with one attached hydrogen (secondary N) is 2. The number of hydrogen-bond acceptors (Lipinski definition) is 2. The molecule has 20 heavy (non-hydrogen) atoms. The molecule has 4 nitrogen and oxygen atoms in total. The number of methoxy groups -OCH3 is 1. The van der Waals surface area contributed by atoms with Gasteiger partial charge in [0.1, 0.15) is 5.75 Å². The summed E-state index contributed by atoms with van der Waals surface area (Å²) < 4.78 is 5.26. The number of rotatable bonds is 5. The molecule has 2 N–H and O–H groups in total. The second kappa shape index (κ2) is 7.29. The number of likely N-dealkylation sites (tertiary alicyclic amines) is 1. The van der Waals surface area contributed by atoms with Gasteiger partial charge in [-0.2, -0.15) is 0 Å². The zero-order chi connectivity index (χ0) is 14.4. The number of hydrogen-bond donors (Lipinski definition) is 2. The Balaban J connectivity index is 1.94. The molecule has 1 heterocycles. The van der Waals surface area contributed by atoms with E-state index in [2.05, 4.69) is 12.2 Å². The van der Waals surface area contributed by atoms with Gasteiger partial charge in [0.2, 0.25) is 0 Å². The summed E-state index contributed by atoms with van der Waals surface area (Å²) in [5.74, 6) is 0.784. The first-order valence-electron chi connectivity index (χ1n) is 7.52. The molecule has 1 aromatic rings. The van der Waals surface area contributed by atoms with Gasteiger partial charge < -0.3 is 15.0 Å². The minimum absolute atomic E-state index is 0.0739. The van der Waals surface area contributed by atoms with Crippen molar-refractivity contribution in [3.63, 3.8) is 0 Å². The number of para-hydroxylation sites is 2. The summed E-state index contributed by atoms with van der Waals surface area (Å²) >= 11 is 0. The molecule has 0 saturated carbocycles. The average molecular weight is 277 g/mol. The van der Waals surface area contributed by atoms with E-state index >= 15 is 0 Å². The fourth-order valence-electron chi connectivity index (χ4n) is 3.03. The van der Waals surface area contributed by atoms with Crippen LogP contribution < -0.4 is 15.0 Å². The van der Waals surface area contributed by atoms with Gasteiger partial charge in [-0.05, 0) is 37.8 Å². The van der Waals surface area contributed by atoms with Gasteiger partial charge in [-0.1, -0.05) is 19.1 Å². The summed E-state index contributed by atoms with van der Waals surface area (Å²) in [6.07, 6.45) is 4.93. The quantitative estimate of drug-likeness (QED) is 0.856. The van der Waals surface area contributed by atoms with E-state index in [-0.39, 0.29) is 5.91 Å². The third kappa shape index (κ3) is 3.73. The van der Waals surface area contributed by atoms with Crippen LogP contribution in [0.2, 0.25) is 0 Å². The lowest BCUT2D eigenvalue weighted by molar-refractivity contribution is -0.923. The van der Waals surface area contributed by atoms with Crippen molar-refractivity contribution < 1.29 is 14.4 Å². The Morgan fingerprint density at radius 1 is 1.40 bits per heavy atom. The highest BCUT2D eigenvalue weighted by Crippen LogP contribution is 2.22. The van der Waals surface area contributed by atoms with Gasteiger partial charge in [0, 0.05) is 0 Å². The lowest BCUT2D eigenvalue weighted by Crippen LogP contribution is -3.17. The molecule has 1 saturated heterocycles. The van der Waals surface area contributed by atoms with Crippen molar-refractivity contribution in [2.75, 3.05) is 25.5 Å². The van der Waals surface area contributed by atoms with Crippen molar-refractivity contribution >= 4 is 11.6 Å². The molecule has 4 heteroatoms. The monoisotopic (exact) mass is 277 g/mol. The van der Waals surface area contributed by atoms with E-state index in [0.717, 1.165) is 18.7 Å². The number of carbonyl (C=O) groups is 1. The lowest BCUT2D eigenvalue weighted by Gasteiger charge is -2.31. The van der Waals surface area contributed by atoms with Crippen molar-refractivity contribution in [3.8, 4) is 5.75 Å². The Bertz CT molecular complexity index is 448. The third-order valence-corrected chi connectivity index (χ3v) is 4.14. The number of carbonyl (C=O) groups excluding carboxylic acids is 1. The second-order valence-electron chi connectivity index (χ2n) is 5.43. The first kappa shape index (κ1) is 14.9. The standard InChI is InChI=1S/C16H24N2O2/c1-3-13-8-6-7-11-18(13)12-16(19)17-14-9-4-5-10-15(14)20-2/h4-5,9-10,13H,3,6-8,11-12H2,1-2H3,(H,17,19)/p+1/t13-/m1/s1. The Morgan fingerprint density at radius 2 is 2.20 bits per heavy atom. The highest BCUT2D eigenvalue weighted by atomic mass is 16.5. The summed E-state index contributed by atoms with van der Waals surface area (Å²) in [7, 11) is 1.62. The molecular formula is C16H25N2O2+. The fraction of sp³-hybridized carbons (Fsp3) is 0.562. The average Bonchev–Trinajstić information content (AvgIpc) is 2.48. The van der Waals surface area contributed by atoms with Crippen LogP contribution in [0.1, 0.15) is 32.6 Å². The van der Waals surface area contributed by atoms with E-state index in [0.29, 0.717) is 18.3 Å².